The monoisotopic (exact) mass is 233 g/mol. The van der Waals surface area contributed by atoms with E-state index in [1.807, 2.05) is 19.9 Å². The third-order valence-corrected chi connectivity index (χ3v) is 2.66. The highest BCUT2D eigenvalue weighted by atomic mass is 16.5. The summed E-state index contributed by atoms with van der Waals surface area (Å²) < 4.78 is 5.62. The van der Waals surface area contributed by atoms with Crippen LogP contribution in [0.3, 0.4) is 0 Å². The topological polar surface area (TPSA) is 52.3 Å². The molecule has 0 spiro atoms. The van der Waals surface area contributed by atoms with Crippen molar-refractivity contribution in [2.24, 2.45) is 0 Å². The molecule has 0 bridgehead atoms. The molecule has 0 aliphatic heterocycles. The van der Waals surface area contributed by atoms with Crippen LogP contribution in [0.15, 0.2) is 30.4 Å². The summed E-state index contributed by atoms with van der Waals surface area (Å²) in [6, 6.07) is 5.41. The number of rotatable bonds is 5. The van der Waals surface area contributed by atoms with Crippen LogP contribution >= 0.6 is 0 Å². The molecule has 3 heteroatoms. The fourth-order valence-electron chi connectivity index (χ4n) is 1.45. The fraction of sp³-hybridized carbons (Fsp3) is 0.357. The van der Waals surface area contributed by atoms with Crippen molar-refractivity contribution in [3.05, 3.63) is 35.9 Å². The Morgan fingerprint density at radius 1 is 1.53 bits per heavy atom. The van der Waals surface area contributed by atoms with Crippen molar-refractivity contribution < 1.29 is 9.53 Å². The van der Waals surface area contributed by atoms with E-state index in [2.05, 4.69) is 6.58 Å². The number of nitrogens with two attached hydrogens (primary N) is 1. The summed E-state index contributed by atoms with van der Waals surface area (Å²) in [6.45, 7) is 9.27. The minimum atomic E-state index is -0.525. The van der Waals surface area contributed by atoms with Crippen LogP contribution < -0.4 is 10.5 Å². The molecular formula is C14H19NO2. The molecule has 0 aromatic heterocycles. The number of hydrogen-bond acceptors (Lipinski definition) is 3. The van der Waals surface area contributed by atoms with E-state index in [0.29, 0.717) is 23.4 Å². The zero-order valence-corrected chi connectivity index (χ0v) is 10.6. The molecule has 1 rings (SSSR count). The standard InChI is InChI=1S/C14H19NO2/c1-5-9(2)14(16)11(4)17-13-8-12(15)7-6-10(13)3/h6-8,11H,2,5,15H2,1,3-4H3. The van der Waals surface area contributed by atoms with Crippen LogP contribution in [0.1, 0.15) is 25.8 Å². The Morgan fingerprint density at radius 2 is 2.18 bits per heavy atom. The van der Waals surface area contributed by atoms with Gasteiger partial charge >= 0.3 is 0 Å². The van der Waals surface area contributed by atoms with Gasteiger partial charge in [0.05, 0.1) is 0 Å². The van der Waals surface area contributed by atoms with Crippen molar-refractivity contribution in [3.8, 4) is 5.75 Å². The van der Waals surface area contributed by atoms with Crippen molar-refractivity contribution in [2.75, 3.05) is 5.73 Å². The number of hydrogen-bond donors (Lipinski definition) is 1. The summed E-state index contributed by atoms with van der Waals surface area (Å²) in [6.07, 6.45) is 0.116. The molecular weight excluding hydrogens is 214 g/mol. The quantitative estimate of drug-likeness (QED) is 0.628. The third-order valence-electron chi connectivity index (χ3n) is 2.66. The number of carbonyl (C=O) groups is 1. The van der Waals surface area contributed by atoms with Crippen LogP contribution in [0.2, 0.25) is 0 Å². The maximum atomic E-state index is 11.8. The fourth-order valence-corrected chi connectivity index (χ4v) is 1.45. The van der Waals surface area contributed by atoms with E-state index in [4.69, 9.17) is 10.5 Å². The van der Waals surface area contributed by atoms with Crippen LogP contribution in [0.4, 0.5) is 5.69 Å². The lowest BCUT2D eigenvalue weighted by Crippen LogP contribution is -2.25. The van der Waals surface area contributed by atoms with Gasteiger partial charge in [-0.1, -0.05) is 19.6 Å². The van der Waals surface area contributed by atoms with Crippen molar-refractivity contribution in [3.63, 3.8) is 0 Å². The molecule has 0 aliphatic carbocycles. The number of carbonyl (C=O) groups excluding carboxylic acids is 1. The minimum absolute atomic E-state index is 0.0608. The van der Waals surface area contributed by atoms with E-state index < -0.39 is 6.10 Å². The van der Waals surface area contributed by atoms with Crippen LogP contribution in [0.5, 0.6) is 5.75 Å². The predicted octanol–water partition coefficient (Wildman–Crippen LogP) is 2.88. The van der Waals surface area contributed by atoms with E-state index >= 15 is 0 Å². The third kappa shape index (κ3) is 3.34. The number of benzene rings is 1. The van der Waals surface area contributed by atoms with Gasteiger partial charge in [-0.2, -0.15) is 0 Å². The Hall–Kier alpha value is -1.77. The average Bonchev–Trinajstić information content (AvgIpc) is 2.31. The molecule has 2 N–H and O–H groups in total. The molecule has 92 valence electrons. The maximum absolute atomic E-state index is 11.8. The van der Waals surface area contributed by atoms with Gasteiger partial charge in [-0.25, -0.2) is 0 Å². The van der Waals surface area contributed by atoms with Gasteiger partial charge in [0.25, 0.3) is 0 Å². The Morgan fingerprint density at radius 3 is 2.76 bits per heavy atom. The second-order valence-corrected chi connectivity index (χ2v) is 4.11. The number of anilines is 1. The second kappa shape index (κ2) is 5.53. The normalized spacial score (nSPS) is 11.9. The maximum Gasteiger partial charge on any atom is 0.198 e. The first-order valence-electron chi connectivity index (χ1n) is 5.70. The van der Waals surface area contributed by atoms with E-state index in [9.17, 15) is 4.79 Å². The summed E-state index contributed by atoms with van der Waals surface area (Å²) in [5, 5.41) is 0. The largest absolute Gasteiger partial charge is 0.482 e. The molecule has 0 amide bonds. The van der Waals surface area contributed by atoms with E-state index in [0.717, 1.165) is 5.56 Å². The highest BCUT2D eigenvalue weighted by Gasteiger charge is 2.17. The molecule has 0 saturated carbocycles. The van der Waals surface area contributed by atoms with Gasteiger partial charge in [0.2, 0.25) is 0 Å². The first-order chi connectivity index (χ1) is 7.95. The lowest BCUT2D eigenvalue weighted by atomic mass is 10.1. The van der Waals surface area contributed by atoms with Crippen molar-refractivity contribution in [1.82, 2.24) is 0 Å². The Labute approximate surface area is 102 Å². The van der Waals surface area contributed by atoms with Crippen LogP contribution in [-0.4, -0.2) is 11.9 Å². The minimum Gasteiger partial charge on any atom is -0.482 e. The SMILES string of the molecule is C=C(CC)C(=O)C(C)Oc1cc(N)ccc1C. The Bertz CT molecular complexity index is 438. The van der Waals surface area contributed by atoms with Gasteiger partial charge in [0, 0.05) is 11.8 Å². The number of aryl methyl sites for hydroxylation is 1. The lowest BCUT2D eigenvalue weighted by molar-refractivity contribution is -0.121. The van der Waals surface area contributed by atoms with Crippen molar-refractivity contribution >= 4 is 11.5 Å². The molecule has 1 unspecified atom stereocenters. The number of nitrogen functional groups attached to an aromatic ring is 1. The van der Waals surface area contributed by atoms with Crippen molar-refractivity contribution in [1.29, 1.82) is 0 Å². The van der Waals surface area contributed by atoms with Gasteiger partial charge in [-0.15, -0.1) is 0 Å². The van der Waals surface area contributed by atoms with E-state index in [-0.39, 0.29) is 5.78 Å². The number of ketones is 1. The van der Waals surface area contributed by atoms with Crippen LogP contribution in [0, 0.1) is 6.92 Å². The summed E-state index contributed by atoms with van der Waals surface area (Å²) in [4.78, 5) is 11.8. The zero-order chi connectivity index (χ0) is 13.0. The highest BCUT2D eigenvalue weighted by molar-refractivity contribution is 5.98. The van der Waals surface area contributed by atoms with Gasteiger partial charge < -0.3 is 10.5 Å². The number of ether oxygens (including phenoxy) is 1. The smallest absolute Gasteiger partial charge is 0.198 e. The van der Waals surface area contributed by atoms with Crippen molar-refractivity contribution in [2.45, 2.75) is 33.3 Å². The van der Waals surface area contributed by atoms with Crippen LogP contribution in [0.25, 0.3) is 0 Å². The second-order valence-electron chi connectivity index (χ2n) is 4.11. The molecule has 1 aromatic rings. The molecule has 1 atom stereocenters. The van der Waals surface area contributed by atoms with Gasteiger partial charge in [0.1, 0.15) is 5.75 Å². The molecule has 17 heavy (non-hydrogen) atoms. The van der Waals surface area contributed by atoms with Crippen LogP contribution in [-0.2, 0) is 4.79 Å². The predicted molar refractivity (Wildman–Crippen MR) is 70.1 cm³/mol. The van der Waals surface area contributed by atoms with Gasteiger partial charge in [0.15, 0.2) is 11.9 Å². The van der Waals surface area contributed by atoms with Gasteiger partial charge in [-0.05, 0) is 37.5 Å². The first kappa shape index (κ1) is 13.3. The molecule has 0 heterocycles. The molecule has 0 fully saturated rings. The summed E-state index contributed by atoms with van der Waals surface area (Å²) in [5.41, 5.74) is 7.85. The summed E-state index contributed by atoms with van der Waals surface area (Å²) in [7, 11) is 0. The average molecular weight is 233 g/mol. The molecule has 0 radical (unpaired) electrons. The molecule has 3 nitrogen and oxygen atoms in total. The Balaban J connectivity index is 2.80. The Kier molecular flexibility index (Phi) is 4.32. The number of Topliss-reactive ketones (excluding diaryl/α,β-unsaturated/α-hetero) is 1. The lowest BCUT2D eigenvalue weighted by Gasteiger charge is -2.16. The van der Waals surface area contributed by atoms with Gasteiger partial charge in [-0.3, -0.25) is 4.79 Å². The highest BCUT2D eigenvalue weighted by Crippen LogP contribution is 2.22. The molecule has 1 aromatic carbocycles. The summed E-state index contributed by atoms with van der Waals surface area (Å²) >= 11 is 0. The molecule has 0 aliphatic rings. The van der Waals surface area contributed by atoms with E-state index in [1.54, 1.807) is 19.1 Å². The zero-order valence-electron chi connectivity index (χ0n) is 10.6. The van der Waals surface area contributed by atoms with E-state index in [1.165, 1.54) is 0 Å². The summed E-state index contributed by atoms with van der Waals surface area (Å²) in [5.74, 6) is 0.587. The first-order valence-corrected chi connectivity index (χ1v) is 5.70. The molecule has 0 saturated heterocycles.